The zero-order valence-electron chi connectivity index (χ0n) is 24.0. The van der Waals surface area contributed by atoms with Crippen LogP contribution in [0.25, 0.3) is 22.1 Å². The van der Waals surface area contributed by atoms with Crippen molar-refractivity contribution in [3.63, 3.8) is 0 Å². The second-order valence-electron chi connectivity index (χ2n) is 10.6. The van der Waals surface area contributed by atoms with E-state index in [9.17, 15) is 23.2 Å². The first-order chi connectivity index (χ1) is 21.9. The van der Waals surface area contributed by atoms with Crippen LogP contribution in [0.4, 0.5) is 8.78 Å². The minimum Gasteiger partial charge on any atom is -0.489 e. The highest BCUT2D eigenvalue weighted by atomic mass is 19.2. The number of esters is 1. The van der Waals surface area contributed by atoms with Crippen LogP contribution in [0.2, 0.25) is 0 Å². The zero-order chi connectivity index (χ0) is 31.3. The van der Waals surface area contributed by atoms with Crippen LogP contribution in [-0.4, -0.2) is 41.8 Å². The normalized spacial score (nSPS) is 14.3. The molecular weight excluding hydrogens is 582 g/mol. The Morgan fingerprint density at radius 2 is 1.69 bits per heavy atom. The molecule has 1 N–H and O–H groups in total. The van der Waals surface area contributed by atoms with Crippen LogP contribution in [0.3, 0.4) is 0 Å². The number of nitrogens with one attached hydrogen (secondary N) is 1. The molecule has 45 heavy (non-hydrogen) atoms. The van der Waals surface area contributed by atoms with E-state index >= 15 is 0 Å². The van der Waals surface area contributed by atoms with Gasteiger partial charge in [0.05, 0.1) is 11.6 Å². The summed E-state index contributed by atoms with van der Waals surface area (Å²) in [5.41, 5.74) is 3.07. The van der Waals surface area contributed by atoms with Crippen molar-refractivity contribution in [1.82, 2.24) is 10.2 Å². The molecule has 2 heterocycles. The Morgan fingerprint density at radius 3 is 2.44 bits per heavy atom. The molecule has 8 nitrogen and oxygen atoms in total. The molecule has 0 spiro atoms. The Bertz CT molecular complexity index is 1860. The van der Waals surface area contributed by atoms with Crippen molar-refractivity contribution in [3.8, 4) is 16.9 Å². The number of amides is 2. The zero-order valence-corrected chi connectivity index (χ0v) is 24.0. The summed E-state index contributed by atoms with van der Waals surface area (Å²) in [5, 5.41) is 2.78. The van der Waals surface area contributed by atoms with Crippen LogP contribution < -0.4 is 10.1 Å². The highest BCUT2D eigenvalue weighted by molar-refractivity contribution is 6.00. The number of halogens is 2. The first-order valence-electron chi connectivity index (χ1n) is 14.3. The van der Waals surface area contributed by atoms with Crippen LogP contribution in [0.15, 0.2) is 102 Å². The van der Waals surface area contributed by atoms with E-state index in [1.807, 2.05) is 30.3 Å². The number of ether oxygens (including phenoxy) is 2. The predicted octanol–water partition coefficient (Wildman–Crippen LogP) is 6.03. The summed E-state index contributed by atoms with van der Waals surface area (Å²) in [7, 11) is 0. The van der Waals surface area contributed by atoms with Gasteiger partial charge in [-0.25, -0.2) is 8.78 Å². The molecular formula is C35H28F2N2O6. The van der Waals surface area contributed by atoms with Gasteiger partial charge >= 0.3 is 5.97 Å². The van der Waals surface area contributed by atoms with E-state index < -0.39 is 29.6 Å². The van der Waals surface area contributed by atoms with Gasteiger partial charge in [-0.05, 0) is 59.5 Å². The molecule has 0 aliphatic carbocycles. The number of carbonyl (C=O) groups excluding carboxylic acids is 3. The van der Waals surface area contributed by atoms with E-state index in [0.29, 0.717) is 41.0 Å². The third kappa shape index (κ3) is 6.54. The van der Waals surface area contributed by atoms with Gasteiger partial charge in [0, 0.05) is 17.7 Å². The topological polar surface area (TPSA) is 98.1 Å². The molecule has 2 amide bonds. The van der Waals surface area contributed by atoms with Crippen molar-refractivity contribution in [2.75, 3.05) is 13.1 Å². The van der Waals surface area contributed by atoms with Gasteiger partial charge in [-0.1, -0.05) is 54.6 Å². The summed E-state index contributed by atoms with van der Waals surface area (Å²) in [6.45, 7) is 0.206. The standard InChI is InChI=1S/C35H28F2N2O6/c36-29-18-28(33-27(32(29)37)14-16-43-33)24-9-11-26(12-10-24)44-21-23-7-4-8-25(17-23)35(42)39(30-13-15-38-34(30)41)19-31(40)45-20-22-5-2-1-3-6-22/h1-12,14,16-18,30H,13,15,19-21H2,(H,38,41). The summed E-state index contributed by atoms with van der Waals surface area (Å²) in [6.07, 6.45) is 1.69. The summed E-state index contributed by atoms with van der Waals surface area (Å²) in [6, 6.07) is 24.5. The number of hydrogen-bond donors (Lipinski definition) is 1. The average molecular weight is 611 g/mol. The SMILES string of the molecule is O=C(CN(C(=O)c1cccc(COc2ccc(-c3cc(F)c(F)c4ccoc34)cc2)c1)C1CCNC1=O)OCc1ccccc1. The highest BCUT2D eigenvalue weighted by Crippen LogP contribution is 2.33. The van der Waals surface area contributed by atoms with Crippen molar-refractivity contribution in [2.45, 2.75) is 25.7 Å². The molecule has 0 radical (unpaired) electrons. The Balaban J connectivity index is 1.13. The lowest BCUT2D eigenvalue weighted by molar-refractivity contribution is -0.146. The van der Waals surface area contributed by atoms with Gasteiger partial charge in [-0.15, -0.1) is 0 Å². The lowest BCUT2D eigenvalue weighted by Gasteiger charge is -2.26. The van der Waals surface area contributed by atoms with E-state index in [2.05, 4.69) is 5.32 Å². The lowest BCUT2D eigenvalue weighted by Crippen LogP contribution is -2.47. The molecule has 1 aromatic heterocycles. The van der Waals surface area contributed by atoms with Gasteiger partial charge in [-0.2, -0.15) is 0 Å². The number of benzene rings is 4. The summed E-state index contributed by atoms with van der Waals surface area (Å²) >= 11 is 0. The number of hydrogen-bond acceptors (Lipinski definition) is 6. The number of carbonyl (C=O) groups is 3. The quantitative estimate of drug-likeness (QED) is 0.194. The first kappa shape index (κ1) is 29.6. The van der Waals surface area contributed by atoms with Crippen LogP contribution in [0.1, 0.15) is 27.9 Å². The minimum atomic E-state index is -0.968. The number of rotatable bonds is 10. The molecule has 4 aromatic carbocycles. The molecule has 228 valence electrons. The second kappa shape index (κ2) is 13.0. The van der Waals surface area contributed by atoms with Crippen LogP contribution in [-0.2, 0) is 27.5 Å². The maximum Gasteiger partial charge on any atom is 0.326 e. The van der Waals surface area contributed by atoms with Gasteiger partial charge < -0.3 is 24.1 Å². The van der Waals surface area contributed by atoms with Crippen molar-refractivity contribution < 1.29 is 37.1 Å². The summed E-state index contributed by atoms with van der Waals surface area (Å²) in [4.78, 5) is 40.2. The third-order valence-corrected chi connectivity index (χ3v) is 7.57. The molecule has 1 aliphatic rings. The maximum absolute atomic E-state index is 14.2. The molecule has 0 saturated carbocycles. The van der Waals surface area contributed by atoms with Crippen LogP contribution in [0, 0.1) is 11.6 Å². The van der Waals surface area contributed by atoms with Gasteiger partial charge in [0.1, 0.15) is 37.1 Å². The van der Waals surface area contributed by atoms with Gasteiger partial charge in [0.15, 0.2) is 11.6 Å². The Labute approximate surface area is 257 Å². The molecule has 1 aliphatic heterocycles. The van der Waals surface area contributed by atoms with Crippen LogP contribution in [0.5, 0.6) is 5.75 Å². The molecule has 5 aromatic rings. The van der Waals surface area contributed by atoms with Crippen molar-refractivity contribution >= 4 is 28.8 Å². The Morgan fingerprint density at radius 1 is 0.911 bits per heavy atom. The third-order valence-electron chi connectivity index (χ3n) is 7.57. The van der Waals surface area contributed by atoms with E-state index in [1.54, 1.807) is 48.5 Å². The highest BCUT2D eigenvalue weighted by Gasteiger charge is 2.35. The molecule has 1 fully saturated rings. The number of fused-ring (bicyclic) bond motifs is 1. The smallest absolute Gasteiger partial charge is 0.326 e. The summed E-state index contributed by atoms with van der Waals surface area (Å²) < 4.78 is 45.0. The fraction of sp³-hybridized carbons (Fsp3) is 0.171. The predicted molar refractivity (Wildman–Crippen MR) is 161 cm³/mol. The van der Waals surface area contributed by atoms with Gasteiger partial charge in [0.2, 0.25) is 5.91 Å². The fourth-order valence-electron chi connectivity index (χ4n) is 5.27. The van der Waals surface area contributed by atoms with Gasteiger partial charge in [-0.3, -0.25) is 14.4 Å². The molecule has 0 bridgehead atoms. The van der Waals surface area contributed by atoms with Crippen molar-refractivity contribution in [3.05, 3.63) is 126 Å². The number of furan rings is 1. The summed E-state index contributed by atoms with van der Waals surface area (Å²) in [5.74, 6) is -2.83. The molecule has 10 heteroatoms. The first-order valence-corrected chi connectivity index (χ1v) is 14.3. The monoisotopic (exact) mass is 610 g/mol. The second-order valence-corrected chi connectivity index (χ2v) is 10.6. The Kier molecular flexibility index (Phi) is 8.54. The van der Waals surface area contributed by atoms with Crippen molar-refractivity contribution in [1.29, 1.82) is 0 Å². The number of nitrogens with zero attached hydrogens (tertiary/aromatic N) is 1. The van der Waals surface area contributed by atoms with Crippen LogP contribution >= 0.6 is 0 Å². The molecule has 1 saturated heterocycles. The largest absolute Gasteiger partial charge is 0.489 e. The fourth-order valence-corrected chi connectivity index (χ4v) is 5.27. The van der Waals surface area contributed by atoms with Gasteiger partial charge in [0.25, 0.3) is 5.91 Å². The van der Waals surface area contributed by atoms with E-state index in [1.165, 1.54) is 17.2 Å². The molecule has 1 unspecified atom stereocenters. The van der Waals surface area contributed by atoms with E-state index in [0.717, 1.165) is 11.6 Å². The van der Waals surface area contributed by atoms with Crippen molar-refractivity contribution in [2.24, 2.45) is 0 Å². The lowest BCUT2D eigenvalue weighted by atomic mass is 10.0. The molecule has 6 rings (SSSR count). The minimum absolute atomic E-state index is 0.0559. The Hall–Kier alpha value is -5.51. The van der Waals surface area contributed by atoms with E-state index in [-0.39, 0.29) is 36.6 Å². The van der Waals surface area contributed by atoms with E-state index in [4.69, 9.17) is 13.9 Å². The molecule has 1 atom stereocenters. The maximum atomic E-state index is 14.2. The average Bonchev–Trinajstić information content (AvgIpc) is 3.74.